The van der Waals surface area contributed by atoms with Gasteiger partial charge >= 0.3 is 0 Å². The summed E-state index contributed by atoms with van der Waals surface area (Å²) in [6.45, 7) is 9.26. The molecule has 5 nitrogen and oxygen atoms in total. The summed E-state index contributed by atoms with van der Waals surface area (Å²) in [5.74, 6) is 0. The van der Waals surface area contributed by atoms with Crippen molar-refractivity contribution in [1.29, 1.82) is 0 Å². The molecule has 2 rings (SSSR count). The third-order valence-electron chi connectivity index (χ3n) is 3.53. The van der Waals surface area contributed by atoms with Crippen molar-refractivity contribution < 1.29 is 9.47 Å². The molecule has 0 saturated carbocycles. The van der Waals surface area contributed by atoms with Crippen molar-refractivity contribution in [1.82, 2.24) is 10.3 Å². The molecule has 0 radical (unpaired) electrons. The van der Waals surface area contributed by atoms with Crippen molar-refractivity contribution in [2.75, 3.05) is 38.3 Å². The molecule has 0 amide bonds. The molecule has 20 heavy (non-hydrogen) atoms. The van der Waals surface area contributed by atoms with Crippen LogP contribution in [0.3, 0.4) is 0 Å². The van der Waals surface area contributed by atoms with Gasteiger partial charge in [-0.15, -0.1) is 11.3 Å². The van der Waals surface area contributed by atoms with Crippen LogP contribution in [0.2, 0.25) is 0 Å². The number of nitrogens with zero attached hydrogens (tertiary/aromatic N) is 2. The molecule has 1 aromatic rings. The molecule has 2 heterocycles. The summed E-state index contributed by atoms with van der Waals surface area (Å²) < 4.78 is 10.8. The predicted octanol–water partition coefficient (Wildman–Crippen LogP) is 2.01. The lowest BCUT2D eigenvalue weighted by Gasteiger charge is -2.34. The van der Waals surface area contributed by atoms with E-state index in [1.165, 1.54) is 4.88 Å². The highest BCUT2D eigenvalue weighted by molar-refractivity contribution is 7.15. The van der Waals surface area contributed by atoms with E-state index >= 15 is 0 Å². The van der Waals surface area contributed by atoms with Gasteiger partial charge in [0.15, 0.2) is 5.13 Å². The molecular weight excluding hydrogens is 274 g/mol. The van der Waals surface area contributed by atoms with Gasteiger partial charge < -0.3 is 19.7 Å². The minimum atomic E-state index is 0.442. The number of morpholine rings is 1. The topological polar surface area (TPSA) is 46.6 Å². The Bertz CT molecular complexity index is 411. The van der Waals surface area contributed by atoms with Crippen LogP contribution >= 0.6 is 11.3 Å². The third-order valence-corrected chi connectivity index (χ3v) is 4.66. The first-order chi connectivity index (χ1) is 9.80. The lowest BCUT2D eigenvalue weighted by Crippen LogP contribution is -2.45. The Morgan fingerprint density at radius 3 is 3.05 bits per heavy atom. The first-order valence-corrected chi connectivity index (χ1v) is 8.14. The molecule has 1 fully saturated rings. The maximum absolute atomic E-state index is 5.57. The Labute approximate surface area is 125 Å². The largest absolute Gasteiger partial charge is 0.378 e. The average Bonchev–Trinajstić information content (AvgIpc) is 2.88. The van der Waals surface area contributed by atoms with Crippen LogP contribution in [0.1, 0.15) is 30.8 Å². The Kier molecular flexibility index (Phi) is 6.22. The lowest BCUT2D eigenvalue weighted by molar-refractivity contribution is 0.0929. The van der Waals surface area contributed by atoms with Gasteiger partial charge in [-0.3, -0.25) is 0 Å². The summed E-state index contributed by atoms with van der Waals surface area (Å²) in [7, 11) is 1.72. The van der Waals surface area contributed by atoms with E-state index < -0.39 is 0 Å². The summed E-state index contributed by atoms with van der Waals surface area (Å²) in [5.41, 5.74) is 1.06. The van der Waals surface area contributed by atoms with Gasteiger partial charge in [-0.2, -0.15) is 0 Å². The second-order valence-electron chi connectivity index (χ2n) is 4.91. The molecule has 0 aromatic carbocycles. The second kappa shape index (κ2) is 7.93. The van der Waals surface area contributed by atoms with Gasteiger partial charge in [-0.1, -0.05) is 13.8 Å². The number of nitrogens with one attached hydrogen (secondary N) is 1. The van der Waals surface area contributed by atoms with Crippen LogP contribution in [0.5, 0.6) is 0 Å². The molecule has 1 aliphatic rings. The van der Waals surface area contributed by atoms with Gasteiger partial charge in [-0.05, 0) is 13.0 Å². The van der Waals surface area contributed by atoms with E-state index in [0.717, 1.165) is 50.1 Å². The maximum Gasteiger partial charge on any atom is 0.186 e. The molecule has 1 aromatic heterocycles. The van der Waals surface area contributed by atoms with Crippen molar-refractivity contribution in [3.05, 3.63) is 10.6 Å². The SMILES string of the molecule is CCNCc1sc(N2CCOCC2CC)nc1COC. The van der Waals surface area contributed by atoms with Crippen molar-refractivity contribution in [2.45, 2.75) is 39.5 Å². The highest BCUT2D eigenvalue weighted by Crippen LogP contribution is 2.30. The lowest BCUT2D eigenvalue weighted by atomic mass is 10.2. The fourth-order valence-corrected chi connectivity index (χ4v) is 3.49. The zero-order valence-electron chi connectivity index (χ0n) is 12.6. The molecule has 1 N–H and O–H groups in total. The fourth-order valence-electron chi connectivity index (χ4n) is 2.36. The van der Waals surface area contributed by atoms with Crippen LogP contribution in [0.15, 0.2) is 0 Å². The summed E-state index contributed by atoms with van der Waals surface area (Å²) in [6, 6.07) is 0.442. The van der Waals surface area contributed by atoms with Crippen LogP contribution in [-0.2, 0) is 22.6 Å². The summed E-state index contributed by atoms with van der Waals surface area (Å²) in [6.07, 6.45) is 1.09. The van der Waals surface area contributed by atoms with E-state index in [1.807, 2.05) is 0 Å². The van der Waals surface area contributed by atoms with Crippen LogP contribution in [0.25, 0.3) is 0 Å². The summed E-state index contributed by atoms with van der Waals surface area (Å²) in [5, 5.41) is 4.49. The van der Waals surface area contributed by atoms with Crippen molar-refractivity contribution >= 4 is 16.5 Å². The molecule has 0 spiro atoms. The number of rotatable bonds is 7. The van der Waals surface area contributed by atoms with Crippen molar-refractivity contribution in [3.63, 3.8) is 0 Å². The first kappa shape index (κ1) is 15.7. The van der Waals surface area contributed by atoms with E-state index in [-0.39, 0.29) is 0 Å². The maximum atomic E-state index is 5.57. The highest BCUT2D eigenvalue weighted by atomic mass is 32.1. The average molecular weight is 299 g/mol. The molecule has 6 heteroatoms. The third kappa shape index (κ3) is 3.69. The minimum Gasteiger partial charge on any atom is -0.378 e. The van der Waals surface area contributed by atoms with Gasteiger partial charge in [0.05, 0.1) is 31.6 Å². The predicted molar refractivity (Wildman–Crippen MR) is 82.5 cm³/mol. The molecule has 1 aliphatic heterocycles. The first-order valence-electron chi connectivity index (χ1n) is 7.32. The zero-order chi connectivity index (χ0) is 14.4. The second-order valence-corrected chi connectivity index (χ2v) is 5.97. The Hall–Kier alpha value is -0.690. The minimum absolute atomic E-state index is 0.442. The Balaban J connectivity index is 2.17. The van der Waals surface area contributed by atoms with Crippen LogP contribution in [0.4, 0.5) is 5.13 Å². The van der Waals surface area contributed by atoms with Gasteiger partial charge in [0, 0.05) is 25.1 Å². The van der Waals surface area contributed by atoms with Crippen molar-refractivity contribution in [3.8, 4) is 0 Å². The molecule has 114 valence electrons. The number of aromatic nitrogens is 1. The van der Waals surface area contributed by atoms with E-state index in [2.05, 4.69) is 24.1 Å². The van der Waals surface area contributed by atoms with Gasteiger partial charge in [0.2, 0.25) is 0 Å². The van der Waals surface area contributed by atoms with Gasteiger partial charge in [0.1, 0.15) is 0 Å². The number of thiazole rings is 1. The summed E-state index contributed by atoms with van der Waals surface area (Å²) in [4.78, 5) is 8.47. The fraction of sp³-hybridized carbons (Fsp3) is 0.786. The molecule has 0 bridgehead atoms. The monoisotopic (exact) mass is 299 g/mol. The Morgan fingerprint density at radius 2 is 2.35 bits per heavy atom. The van der Waals surface area contributed by atoms with E-state index in [4.69, 9.17) is 14.5 Å². The summed E-state index contributed by atoms with van der Waals surface area (Å²) >= 11 is 1.78. The van der Waals surface area contributed by atoms with Gasteiger partial charge in [-0.25, -0.2) is 4.98 Å². The molecular formula is C14H25N3O2S. The zero-order valence-corrected chi connectivity index (χ0v) is 13.5. The number of hydrogen-bond donors (Lipinski definition) is 1. The molecule has 1 saturated heterocycles. The molecule has 1 atom stereocenters. The van der Waals surface area contributed by atoms with E-state index in [9.17, 15) is 0 Å². The molecule has 0 aliphatic carbocycles. The van der Waals surface area contributed by atoms with E-state index in [1.54, 1.807) is 18.4 Å². The highest BCUT2D eigenvalue weighted by Gasteiger charge is 2.25. The number of hydrogen-bond acceptors (Lipinski definition) is 6. The Morgan fingerprint density at radius 1 is 1.50 bits per heavy atom. The van der Waals surface area contributed by atoms with Crippen molar-refractivity contribution in [2.24, 2.45) is 0 Å². The van der Waals surface area contributed by atoms with Crippen LogP contribution < -0.4 is 10.2 Å². The molecule has 1 unspecified atom stereocenters. The smallest absolute Gasteiger partial charge is 0.186 e. The quantitative estimate of drug-likeness (QED) is 0.834. The van der Waals surface area contributed by atoms with Crippen LogP contribution in [0, 0.1) is 0 Å². The number of methoxy groups -OCH3 is 1. The standard InChI is InChI=1S/C14H25N3O2S/c1-4-11-9-19-7-6-17(11)14-16-12(10-18-3)13(20-14)8-15-5-2/h11,15H,4-10H2,1-3H3. The number of anilines is 1. The van der Waals surface area contributed by atoms with E-state index in [0.29, 0.717) is 12.6 Å². The number of ether oxygens (including phenoxy) is 2. The van der Waals surface area contributed by atoms with Gasteiger partial charge in [0.25, 0.3) is 0 Å². The van der Waals surface area contributed by atoms with Crippen LogP contribution in [-0.4, -0.2) is 44.4 Å². The normalized spacial score (nSPS) is 19.6.